The van der Waals surface area contributed by atoms with Gasteiger partial charge in [-0.25, -0.2) is 4.79 Å². The van der Waals surface area contributed by atoms with Crippen LogP contribution in [-0.2, 0) is 14.3 Å². The zero-order valence-corrected chi connectivity index (χ0v) is 15.9. The molecule has 0 bridgehead atoms. The molecule has 1 atom stereocenters. The lowest BCUT2D eigenvalue weighted by atomic mass is 10.1. The molecular formula is C19H20N2O4S. The maximum absolute atomic E-state index is 12.7. The van der Waals surface area contributed by atoms with E-state index in [2.05, 4.69) is 23.2 Å². The predicted molar refractivity (Wildman–Crippen MR) is 102 cm³/mol. The second-order valence-corrected chi connectivity index (χ2v) is 7.35. The molecule has 1 aromatic carbocycles. The van der Waals surface area contributed by atoms with Crippen LogP contribution in [0.15, 0.2) is 35.4 Å². The Balaban J connectivity index is 2.02. The third-order valence-corrected chi connectivity index (χ3v) is 5.25. The molecule has 2 heterocycles. The van der Waals surface area contributed by atoms with Gasteiger partial charge >= 0.3 is 5.97 Å². The summed E-state index contributed by atoms with van der Waals surface area (Å²) in [7, 11) is 1.23. The van der Waals surface area contributed by atoms with Gasteiger partial charge in [0, 0.05) is 28.7 Å². The number of rotatable bonds is 4. The Bertz CT molecular complexity index is 929. The highest BCUT2D eigenvalue weighted by Crippen LogP contribution is 2.35. The van der Waals surface area contributed by atoms with Gasteiger partial charge in [0.1, 0.15) is 6.04 Å². The summed E-state index contributed by atoms with van der Waals surface area (Å²) in [5, 5.41) is 0.542. The number of benzene rings is 1. The van der Waals surface area contributed by atoms with E-state index in [0.717, 1.165) is 33.1 Å². The number of methoxy groups -OCH3 is 1. The number of amides is 2. The highest BCUT2D eigenvalue weighted by molar-refractivity contribution is 8.18. The molecule has 1 unspecified atom stereocenters. The van der Waals surface area contributed by atoms with E-state index in [1.54, 1.807) is 6.08 Å². The quantitative estimate of drug-likeness (QED) is 0.603. The largest absolute Gasteiger partial charge is 0.467 e. The molecule has 2 aromatic rings. The van der Waals surface area contributed by atoms with E-state index < -0.39 is 23.2 Å². The Kier molecular flexibility index (Phi) is 4.91. The number of thioether (sulfide) groups is 1. The molecule has 0 spiro atoms. The van der Waals surface area contributed by atoms with Crippen molar-refractivity contribution in [2.24, 2.45) is 0 Å². The van der Waals surface area contributed by atoms with Gasteiger partial charge in [-0.1, -0.05) is 18.2 Å². The number of nitrogens with zero attached hydrogens (tertiary/aromatic N) is 2. The number of hydrogen-bond acceptors (Lipinski definition) is 5. The first-order valence-corrected chi connectivity index (χ1v) is 9.11. The number of esters is 1. The van der Waals surface area contributed by atoms with Gasteiger partial charge in [-0.2, -0.15) is 0 Å². The van der Waals surface area contributed by atoms with E-state index in [4.69, 9.17) is 0 Å². The van der Waals surface area contributed by atoms with Gasteiger partial charge in [0.25, 0.3) is 11.1 Å². The Morgan fingerprint density at radius 1 is 1.19 bits per heavy atom. The van der Waals surface area contributed by atoms with Gasteiger partial charge < -0.3 is 9.30 Å². The number of carbonyl (C=O) groups is 3. The van der Waals surface area contributed by atoms with Crippen LogP contribution in [0.25, 0.3) is 17.0 Å². The zero-order valence-electron chi connectivity index (χ0n) is 15.1. The lowest BCUT2D eigenvalue weighted by Gasteiger charge is -2.18. The van der Waals surface area contributed by atoms with E-state index in [1.807, 2.05) is 30.5 Å². The van der Waals surface area contributed by atoms with E-state index in [1.165, 1.54) is 14.0 Å². The number of aromatic nitrogens is 1. The molecule has 0 saturated carbocycles. The van der Waals surface area contributed by atoms with Crippen molar-refractivity contribution in [2.45, 2.75) is 32.9 Å². The van der Waals surface area contributed by atoms with Gasteiger partial charge in [0.2, 0.25) is 0 Å². The molecule has 1 fully saturated rings. The smallest absolute Gasteiger partial charge is 0.328 e. The second-order valence-electron chi connectivity index (χ2n) is 6.35. The third-order valence-electron chi connectivity index (χ3n) is 4.37. The summed E-state index contributed by atoms with van der Waals surface area (Å²) in [5.41, 5.74) is 1.93. The first kappa shape index (κ1) is 18.3. The molecule has 3 rings (SSSR count). The average molecular weight is 372 g/mol. The minimum absolute atomic E-state index is 0.261. The Morgan fingerprint density at radius 3 is 2.54 bits per heavy atom. The monoisotopic (exact) mass is 372 g/mol. The summed E-state index contributed by atoms with van der Waals surface area (Å²) in [4.78, 5) is 37.9. The molecule has 7 heteroatoms. The van der Waals surface area contributed by atoms with Crippen molar-refractivity contribution in [1.29, 1.82) is 0 Å². The van der Waals surface area contributed by atoms with E-state index in [0.29, 0.717) is 4.91 Å². The first-order valence-electron chi connectivity index (χ1n) is 8.29. The lowest BCUT2D eigenvalue weighted by Crippen LogP contribution is -2.42. The molecule has 0 radical (unpaired) electrons. The maximum Gasteiger partial charge on any atom is 0.328 e. The SMILES string of the molecule is COC(=O)C(C)N1C(=O)S/C(=C/c2cn(C(C)C)c3ccccc23)C1=O. The first-order chi connectivity index (χ1) is 12.3. The molecule has 136 valence electrons. The van der Waals surface area contributed by atoms with Crippen LogP contribution in [0.1, 0.15) is 32.4 Å². The average Bonchev–Trinajstić information content (AvgIpc) is 3.12. The van der Waals surface area contributed by atoms with E-state index >= 15 is 0 Å². The summed E-state index contributed by atoms with van der Waals surface area (Å²) < 4.78 is 6.77. The summed E-state index contributed by atoms with van der Waals surface area (Å²) in [6.07, 6.45) is 3.70. The summed E-state index contributed by atoms with van der Waals surface area (Å²) >= 11 is 0.841. The van der Waals surface area contributed by atoms with Gasteiger partial charge in [-0.3, -0.25) is 14.5 Å². The number of fused-ring (bicyclic) bond motifs is 1. The van der Waals surface area contributed by atoms with Gasteiger partial charge in [0.05, 0.1) is 12.0 Å². The predicted octanol–water partition coefficient (Wildman–Crippen LogP) is 3.82. The van der Waals surface area contributed by atoms with Crippen LogP contribution >= 0.6 is 11.8 Å². The molecule has 0 aliphatic carbocycles. The molecule has 1 aliphatic rings. The fraction of sp³-hybridized carbons (Fsp3) is 0.316. The van der Waals surface area contributed by atoms with Crippen LogP contribution in [0.4, 0.5) is 4.79 Å². The van der Waals surface area contributed by atoms with Crippen LogP contribution in [0.3, 0.4) is 0 Å². The van der Waals surface area contributed by atoms with Crippen LogP contribution in [0, 0.1) is 0 Å². The normalized spacial score (nSPS) is 17.6. The fourth-order valence-corrected chi connectivity index (χ4v) is 3.90. The Labute approximate surface area is 155 Å². The molecule has 1 saturated heterocycles. The Hall–Kier alpha value is -2.54. The van der Waals surface area contributed by atoms with Crippen molar-refractivity contribution in [1.82, 2.24) is 9.47 Å². The summed E-state index contributed by atoms with van der Waals surface area (Å²) in [5.74, 6) is -1.09. The lowest BCUT2D eigenvalue weighted by molar-refractivity contribution is -0.148. The van der Waals surface area contributed by atoms with Crippen molar-refractivity contribution < 1.29 is 19.1 Å². The van der Waals surface area contributed by atoms with Crippen molar-refractivity contribution in [2.75, 3.05) is 7.11 Å². The van der Waals surface area contributed by atoms with Crippen LogP contribution in [0.5, 0.6) is 0 Å². The molecule has 0 N–H and O–H groups in total. The van der Waals surface area contributed by atoms with Gasteiger partial charge in [-0.15, -0.1) is 0 Å². The Morgan fingerprint density at radius 2 is 1.88 bits per heavy atom. The molecule has 2 amide bonds. The highest BCUT2D eigenvalue weighted by atomic mass is 32.2. The standard InChI is InChI=1S/C19H20N2O4S/c1-11(2)20-10-13(14-7-5-6-8-15(14)20)9-16-17(22)21(19(24)26-16)12(3)18(23)25-4/h5-12H,1-4H3/b16-9+. The molecule has 6 nitrogen and oxygen atoms in total. The topological polar surface area (TPSA) is 68.6 Å². The fourth-order valence-electron chi connectivity index (χ4n) is 3.01. The van der Waals surface area contributed by atoms with Crippen molar-refractivity contribution in [3.8, 4) is 0 Å². The highest BCUT2D eigenvalue weighted by Gasteiger charge is 2.41. The van der Waals surface area contributed by atoms with Crippen molar-refractivity contribution in [3.05, 3.63) is 40.9 Å². The molecule has 1 aliphatic heterocycles. The van der Waals surface area contributed by atoms with Crippen molar-refractivity contribution in [3.63, 3.8) is 0 Å². The van der Waals surface area contributed by atoms with Gasteiger partial charge in [-0.05, 0) is 44.7 Å². The van der Waals surface area contributed by atoms with E-state index in [9.17, 15) is 14.4 Å². The molecule has 26 heavy (non-hydrogen) atoms. The number of imide groups is 1. The molecular weight excluding hydrogens is 352 g/mol. The van der Waals surface area contributed by atoms with Gasteiger partial charge in [0.15, 0.2) is 0 Å². The molecule has 1 aromatic heterocycles. The van der Waals surface area contributed by atoms with Crippen LogP contribution < -0.4 is 0 Å². The minimum Gasteiger partial charge on any atom is -0.467 e. The van der Waals surface area contributed by atoms with Crippen molar-refractivity contribution >= 4 is 45.9 Å². The van der Waals surface area contributed by atoms with E-state index in [-0.39, 0.29) is 6.04 Å². The zero-order chi connectivity index (χ0) is 19.0. The summed E-state index contributed by atoms with van der Waals surface area (Å²) in [6, 6.07) is 7.23. The van der Waals surface area contributed by atoms with Crippen LogP contribution in [-0.4, -0.2) is 39.7 Å². The summed E-state index contributed by atoms with van der Waals surface area (Å²) in [6.45, 7) is 5.65. The third kappa shape index (κ3) is 3.03. The number of ether oxygens (including phenoxy) is 1. The minimum atomic E-state index is -0.949. The maximum atomic E-state index is 12.7. The number of para-hydroxylation sites is 1. The second kappa shape index (κ2) is 6.99. The number of carbonyl (C=O) groups excluding carboxylic acids is 3. The van der Waals surface area contributed by atoms with Crippen LogP contribution in [0.2, 0.25) is 0 Å². The number of hydrogen-bond donors (Lipinski definition) is 0.